The van der Waals surface area contributed by atoms with Crippen LogP contribution in [0.1, 0.15) is 39.0 Å². The van der Waals surface area contributed by atoms with Crippen molar-refractivity contribution in [3.63, 3.8) is 0 Å². The Hall–Kier alpha value is -0.460. The highest BCUT2D eigenvalue weighted by Crippen LogP contribution is 2.17. The molecule has 1 fully saturated rings. The fraction of sp³-hybridized carbons (Fsp3) is 0.800. The first-order valence-electron chi connectivity index (χ1n) is 4.77. The molecular weight excluding hydrogens is 134 g/mol. The lowest BCUT2D eigenvalue weighted by Gasteiger charge is -2.23. The lowest BCUT2D eigenvalue weighted by atomic mass is 10.2. The summed E-state index contributed by atoms with van der Waals surface area (Å²) < 4.78 is 0. The van der Waals surface area contributed by atoms with Crippen LogP contribution in [0, 0.1) is 0 Å². The first kappa shape index (κ1) is 8.63. The lowest BCUT2D eigenvalue weighted by molar-refractivity contribution is 0.346. The van der Waals surface area contributed by atoms with Gasteiger partial charge in [-0.2, -0.15) is 0 Å². The third-order valence-electron chi connectivity index (χ3n) is 2.33. The van der Waals surface area contributed by atoms with Crippen molar-refractivity contribution in [2.45, 2.75) is 39.0 Å². The van der Waals surface area contributed by atoms with Crippen LogP contribution >= 0.6 is 0 Å². The van der Waals surface area contributed by atoms with Gasteiger partial charge in [0.05, 0.1) is 0 Å². The van der Waals surface area contributed by atoms with E-state index in [1.807, 2.05) is 0 Å². The maximum Gasteiger partial charge on any atom is 0.0174 e. The third-order valence-corrected chi connectivity index (χ3v) is 2.33. The van der Waals surface area contributed by atoms with Gasteiger partial charge in [-0.1, -0.05) is 19.9 Å². The molecule has 1 rings (SSSR count). The molecule has 0 saturated carbocycles. The minimum atomic E-state index is 1.21. The first-order chi connectivity index (χ1) is 5.34. The van der Waals surface area contributed by atoms with Crippen molar-refractivity contribution in [2.75, 3.05) is 13.1 Å². The Bertz CT molecular complexity index is 129. The standard InChI is InChI=1S/C10H19N/c1-3-8-11-9-6-4-5-7-10(11)2/h2-9H2,1H3. The van der Waals surface area contributed by atoms with Crippen molar-refractivity contribution in [1.82, 2.24) is 4.90 Å². The second kappa shape index (κ2) is 4.42. The van der Waals surface area contributed by atoms with Crippen molar-refractivity contribution in [2.24, 2.45) is 0 Å². The van der Waals surface area contributed by atoms with E-state index in [4.69, 9.17) is 0 Å². The molecule has 0 bridgehead atoms. The molecule has 1 saturated heterocycles. The number of nitrogens with zero attached hydrogens (tertiary/aromatic N) is 1. The van der Waals surface area contributed by atoms with Gasteiger partial charge in [-0.3, -0.25) is 0 Å². The topological polar surface area (TPSA) is 3.24 Å². The molecule has 1 aliphatic rings. The van der Waals surface area contributed by atoms with E-state index in [0.29, 0.717) is 0 Å². The van der Waals surface area contributed by atoms with Gasteiger partial charge < -0.3 is 4.90 Å². The number of allylic oxidation sites excluding steroid dienone is 1. The van der Waals surface area contributed by atoms with Crippen LogP contribution in [0.2, 0.25) is 0 Å². The van der Waals surface area contributed by atoms with E-state index in [1.165, 1.54) is 50.9 Å². The largest absolute Gasteiger partial charge is 0.375 e. The van der Waals surface area contributed by atoms with Gasteiger partial charge in [0, 0.05) is 18.8 Å². The molecule has 0 unspecified atom stereocenters. The molecule has 0 N–H and O–H groups in total. The van der Waals surface area contributed by atoms with Crippen molar-refractivity contribution in [1.29, 1.82) is 0 Å². The number of likely N-dealkylation sites (tertiary alicyclic amines) is 1. The predicted molar refractivity (Wildman–Crippen MR) is 49.5 cm³/mol. The van der Waals surface area contributed by atoms with E-state index in [-0.39, 0.29) is 0 Å². The fourth-order valence-electron chi connectivity index (χ4n) is 1.66. The zero-order valence-corrected chi connectivity index (χ0v) is 7.60. The molecule has 1 nitrogen and oxygen atoms in total. The molecule has 64 valence electrons. The Kier molecular flexibility index (Phi) is 3.47. The van der Waals surface area contributed by atoms with E-state index in [0.717, 1.165) is 0 Å². The van der Waals surface area contributed by atoms with E-state index in [1.54, 1.807) is 0 Å². The zero-order chi connectivity index (χ0) is 8.10. The quantitative estimate of drug-likeness (QED) is 0.589. The minimum Gasteiger partial charge on any atom is -0.375 e. The molecule has 11 heavy (non-hydrogen) atoms. The Labute approximate surface area is 70.1 Å². The van der Waals surface area contributed by atoms with Gasteiger partial charge in [0.25, 0.3) is 0 Å². The highest BCUT2D eigenvalue weighted by atomic mass is 15.1. The summed E-state index contributed by atoms with van der Waals surface area (Å²) >= 11 is 0. The van der Waals surface area contributed by atoms with Crippen molar-refractivity contribution >= 4 is 0 Å². The first-order valence-corrected chi connectivity index (χ1v) is 4.77. The highest BCUT2D eigenvalue weighted by Gasteiger charge is 2.09. The molecule has 0 radical (unpaired) electrons. The maximum atomic E-state index is 4.10. The number of rotatable bonds is 2. The summed E-state index contributed by atoms with van der Waals surface area (Å²) in [6.45, 7) is 8.78. The minimum absolute atomic E-state index is 1.21. The Morgan fingerprint density at radius 2 is 2.18 bits per heavy atom. The molecule has 0 aromatic heterocycles. The van der Waals surface area contributed by atoms with Crippen LogP contribution in [-0.4, -0.2) is 18.0 Å². The van der Waals surface area contributed by atoms with Gasteiger partial charge in [-0.15, -0.1) is 0 Å². The van der Waals surface area contributed by atoms with E-state index < -0.39 is 0 Å². The Morgan fingerprint density at radius 1 is 1.36 bits per heavy atom. The molecule has 1 heterocycles. The molecule has 0 amide bonds. The summed E-state index contributed by atoms with van der Waals surface area (Å²) in [7, 11) is 0. The Balaban J connectivity index is 2.39. The second-order valence-electron chi connectivity index (χ2n) is 3.36. The molecule has 0 aromatic carbocycles. The van der Waals surface area contributed by atoms with Crippen LogP contribution in [0.5, 0.6) is 0 Å². The SMILES string of the molecule is C=C1CCCCCN1CCC. The maximum absolute atomic E-state index is 4.10. The number of hydrogen-bond donors (Lipinski definition) is 0. The summed E-state index contributed by atoms with van der Waals surface area (Å²) in [5, 5.41) is 0. The van der Waals surface area contributed by atoms with Crippen molar-refractivity contribution in [3.8, 4) is 0 Å². The van der Waals surface area contributed by atoms with Crippen molar-refractivity contribution in [3.05, 3.63) is 12.3 Å². The lowest BCUT2D eigenvalue weighted by Crippen LogP contribution is -2.22. The second-order valence-corrected chi connectivity index (χ2v) is 3.36. The molecule has 0 spiro atoms. The van der Waals surface area contributed by atoms with Crippen LogP contribution in [0.25, 0.3) is 0 Å². The van der Waals surface area contributed by atoms with Crippen LogP contribution in [0.3, 0.4) is 0 Å². The number of hydrogen-bond acceptors (Lipinski definition) is 1. The van der Waals surface area contributed by atoms with E-state index in [2.05, 4.69) is 18.4 Å². The van der Waals surface area contributed by atoms with E-state index in [9.17, 15) is 0 Å². The smallest absolute Gasteiger partial charge is 0.0174 e. The fourth-order valence-corrected chi connectivity index (χ4v) is 1.66. The van der Waals surface area contributed by atoms with Crippen LogP contribution in [-0.2, 0) is 0 Å². The normalized spacial score (nSPS) is 20.1. The van der Waals surface area contributed by atoms with Gasteiger partial charge >= 0.3 is 0 Å². The monoisotopic (exact) mass is 153 g/mol. The average Bonchev–Trinajstić information content (AvgIpc) is 2.18. The molecule has 1 aliphatic heterocycles. The van der Waals surface area contributed by atoms with Gasteiger partial charge in [0.15, 0.2) is 0 Å². The summed E-state index contributed by atoms with van der Waals surface area (Å²) in [6, 6.07) is 0. The van der Waals surface area contributed by atoms with E-state index >= 15 is 0 Å². The predicted octanol–water partition coefficient (Wildman–Crippen LogP) is 2.79. The average molecular weight is 153 g/mol. The molecule has 0 atom stereocenters. The third kappa shape index (κ3) is 2.57. The zero-order valence-electron chi connectivity index (χ0n) is 7.60. The molecular formula is C10H19N. The van der Waals surface area contributed by atoms with Crippen LogP contribution < -0.4 is 0 Å². The van der Waals surface area contributed by atoms with Crippen LogP contribution in [0.4, 0.5) is 0 Å². The Morgan fingerprint density at radius 3 is 2.91 bits per heavy atom. The summed E-state index contributed by atoms with van der Waals surface area (Å²) in [4.78, 5) is 2.45. The molecule has 0 aromatic rings. The molecule has 1 heteroatoms. The van der Waals surface area contributed by atoms with Crippen LogP contribution in [0.15, 0.2) is 12.3 Å². The molecule has 0 aliphatic carbocycles. The van der Waals surface area contributed by atoms with Gasteiger partial charge in [-0.05, 0) is 25.7 Å². The van der Waals surface area contributed by atoms with Crippen molar-refractivity contribution < 1.29 is 0 Å². The summed E-state index contributed by atoms with van der Waals surface area (Å²) in [6.07, 6.45) is 6.57. The summed E-state index contributed by atoms with van der Waals surface area (Å²) in [5.41, 5.74) is 1.37. The van der Waals surface area contributed by atoms with Gasteiger partial charge in [-0.25, -0.2) is 0 Å². The van der Waals surface area contributed by atoms with Gasteiger partial charge in [0.2, 0.25) is 0 Å². The highest BCUT2D eigenvalue weighted by molar-refractivity contribution is 4.95. The summed E-state index contributed by atoms with van der Waals surface area (Å²) in [5.74, 6) is 0. The van der Waals surface area contributed by atoms with Gasteiger partial charge in [0.1, 0.15) is 0 Å².